The van der Waals surface area contributed by atoms with E-state index in [0.29, 0.717) is 12.3 Å². The van der Waals surface area contributed by atoms with E-state index in [1.165, 1.54) is 0 Å². The maximum Gasteiger partial charge on any atom is 0.195 e. The Kier molecular flexibility index (Phi) is 3.73. The van der Waals surface area contributed by atoms with Gasteiger partial charge >= 0.3 is 0 Å². The van der Waals surface area contributed by atoms with Crippen LogP contribution in [0.5, 0.6) is 0 Å². The molecule has 1 heterocycles. The summed E-state index contributed by atoms with van der Waals surface area (Å²) >= 11 is 1.57. The van der Waals surface area contributed by atoms with E-state index in [4.69, 9.17) is 0 Å². The van der Waals surface area contributed by atoms with Gasteiger partial charge in [0.05, 0.1) is 11.6 Å². The van der Waals surface area contributed by atoms with Crippen molar-refractivity contribution < 1.29 is 18.0 Å². The number of benzene rings is 1. The van der Waals surface area contributed by atoms with Gasteiger partial charge in [-0.1, -0.05) is 0 Å². The number of rotatable bonds is 2. The summed E-state index contributed by atoms with van der Waals surface area (Å²) in [7, 11) is 0. The van der Waals surface area contributed by atoms with E-state index < -0.39 is 34.8 Å². The van der Waals surface area contributed by atoms with Crippen LogP contribution in [0.4, 0.5) is 13.2 Å². The third-order valence-corrected chi connectivity index (χ3v) is 3.60. The molecule has 0 aliphatic carbocycles. The lowest BCUT2D eigenvalue weighted by Gasteiger charge is -2.22. The maximum absolute atomic E-state index is 13.4. The van der Waals surface area contributed by atoms with Crippen LogP contribution in [-0.2, 0) is 0 Å². The zero-order chi connectivity index (χ0) is 12.4. The Morgan fingerprint density at radius 3 is 2.71 bits per heavy atom. The fourth-order valence-corrected chi connectivity index (χ4v) is 2.57. The Bertz CT molecular complexity index is 447. The summed E-state index contributed by atoms with van der Waals surface area (Å²) < 4.78 is 39.1. The van der Waals surface area contributed by atoms with Gasteiger partial charge in [-0.15, -0.1) is 0 Å². The lowest BCUT2D eigenvalue weighted by Crippen LogP contribution is -2.43. The van der Waals surface area contributed by atoms with E-state index in [9.17, 15) is 18.0 Å². The molecule has 1 N–H and O–H groups in total. The molecule has 1 aliphatic heterocycles. The van der Waals surface area contributed by atoms with Crippen molar-refractivity contribution in [2.24, 2.45) is 0 Å². The average molecular weight is 261 g/mol. The molecule has 1 fully saturated rings. The highest BCUT2D eigenvalue weighted by Crippen LogP contribution is 2.19. The van der Waals surface area contributed by atoms with Gasteiger partial charge in [0.15, 0.2) is 23.2 Å². The smallest absolute Gasteiger partial charge is 0.195 e. The van der Waals surface area contributed by atoms with Crippen LogP contribution >= 0.6 is 11.8 Å². The lowest BCUT2D eigenvalue weighted by atomic mass is 10.0. The molecule has 17 heavy (non-hydrogen) atoms. The van der Waals surface area contributed by atoms with Crippen molar-refractivity contribution in [3.8, 4) is 0 Å². The Morgan fingerprint density at radius 1 is 1.29 bits per heavy atom. The van der Waals surface area contributed by atoms with E-state index in [1.54, 1.807) is 11.8 Å². The number of carbonyl (C=O) groups excluding carboxylic acids is 1. The number of nitrogens with one attached hydrogen (secondary N) is 1. The van der Waals surface area contributed by atoms with Crippen molar-refractivity contribution in [2.75, 3.05) is 18.1 Å². The van der Waals surface area contributed by atoms with Crippen LogP contribution in [0.15, 0.2) is 12.1 Å². The van der Waals surface area contributed by atoms with Gasteiger partial charge in [-0.05, 0) is 12.1 Å². The van der Waals surface area contributed by atoms with Gasteiger partial charge in [0.25, 0.3) is 0 Å². The molecule has 2 rings (SSSR count). The first kappa shape index (κ1) is 12.4. The van der Waals surface area contributed by atoms with Gasteiger partial charge < -0.3 is 5.32 Å². The van der Waals surface area contributed by atoms with Gasteiger partial charge in [0.2, 0.25) is 0 Å². The second-order valence-corrected chi connectivity index (χ2v) is 4.82. The highest BCUT2D eigenvalue weighted by atomic mass is 32.2. The Labute approximate surface area is 101 Å². The predicted octanol–water partition coefficient (Wildman–Crippen LogP) is 1.99. The standard InChI is InChI=1S/C11H10F3NOS/c12-7-2-1-6(9(13)10(7)14)11(16)8-5-17-4-3-15-8/h1-2,8,15H,3-5H2. The number of Topliss-reactive ketones (excluding diaryl/α,β-unsaturated/α-hetero) is 1. The van der Waals surface area contributed by atoms with Crippen LogP contribution in [0.3, 0.4) is 0 Å². The van der Waals surface area contributed by atoms with Crippen LogP contribution < -0.4 is 5.32 Å². The molecule has 1 saturated heterocycles. The number of hydrogen-bond acceptors (Lipinski definition) is 3. The van der Waals surface area contributed by atoms with E-state index in [2.05, 4.69) is 5.32 Å². The first-order valence-corrected chi connectivity index (χ1v) is 6.25. The van der Waals surface area contributed by atoms with Crippen molar-refractivity contribution in [2.45, 2.75) is 6.04 Å². The van der Waals surface area contributed by atoms with Crippen molar-refractivity contribution in [3.63, 3.8) is 0 Å². The van der Waals surface area contributed by atoms with E-state index in [0.717, 1.165) is 17.9 Å². The minimum atomic E-state index is -1.60. The SMILES string of the molecule is O=C(c1ccc(F)c(F)c1F)C1CSCCN1. The zero-order valence-electron chi connectivity index (χ0n) is 8.80. The summed E-state index contributed by atoms with van der Waals surface area (Å²) in [6.45, 7) is 0.645. The number of thioether (sulfide) groups is 1. The second kappa shape index (κ2) is 5.10. The zero-order valence-corrected chi connectivity index (χ0v) is 9.62. The molecule has 0 radical (unpaired) electrons. The molecule has 1 aromatic carbocycles. The molecule has 0 bridgehead atoms. The highest BCUT2D eigenvalue weighted by molar-refractivity contribution is 7.99. The minimum absolute atomic E-state index is 0.399. The second-order valence-electron chi connectivity index (χ2n) is 3.67. The average Bonchev–Trinajstić information content (AvgIpc) is 2.36. The van der Waals surface area contributed by atoms with Crippen LogP contribution in [0.2, 0.25) is 0 Å². The molecule has 1 aromatic rings. The molecule has 92 valence electrons. The van der Waals surface area contributed by atoms with Gasteiger partial charge in [-0.25, -0.2) is 13.2 Å². The summed E-state index contributed by atoms with van der Waals surface area (Å²) in [5.41, 5.74) is -0.399. The number of ketones is 1. The first-order valence-electron chi connectivity index (χ1n) is 5.10. The summed E-state index contributed by atoms with van der Waals surface area (Å²) in [6, 6.07) is 1.21. The Hall–Kier alpha value is -1.01. The van der Waals surface area contributed by atoms with Gasteiger partial charge in [-0.2, -0.15) is 11.8 Å². The molecular formula is C11H10F3NOS. The molecular weight excluding hydrogens is 251 g/mol. The van der Waals surface area contributed by atoms with Gasteiger partial charge in [0.1, 0.15) is 0 Å². The summed E-state index contributed by atoms with van der Waals surface area (Å²) in [4.78, 5) is 11.9. The topological polar surface area (TPSA) is 29.1 Å². The first-order chi connectivity index (χ1) is 8.11. The molecule has 0 amide bonds. The van der Waals surface area contributed by atoms with Crippen LogP contribution in [0.1, 0.15) is 10.4 Å². The third kappa shape index (κ3) is 2.47. The van der Waals surface area contributed by atoms with Gasteiger partial charge in [-0.3, -0.25) is 4.79 Å². The van der Waals surface area contributed by atoms with Crippen LogP contribution in [0.25, 0.3) is 0 Å². The number of carbonyl (C=O) groups is 1. The molecule has 6 heteroatoms. The molecule has 0 saturated carbocycles. The molecule has 2 nitrogen and oxygen atoms in total. The molecule has 1 unspecified atom stereocenters. The maximum atomic E-state index is 13.4. The fraction of sp³-hybridized carbons (Fsp3) is 0.364. The van der Waals surface area contributed by atoms with Crippen molar-refractivity contribution >= 4 is 17.5 Å². The lowest BCUT2D eigenvalue weighted by molar-refractivity contribution is 0.0947. The largest absolute Gasteiger partial charge is 0.306 e. The van der Waals surface area contributed by atoms with Gasteiger partial charge in [0, 0.05) is 18.1 Å². The minimum Gasteiger partial charge on any atom is -0.306 e. The monoisotopic (exact) mass is 261 g/mol. The summed E-state index contributed by atoms with van der Waals surface area (Å²) in [5.74, 6) is -3.44. The normalized spacial score (nSPS) is 20.3. The van der Waals surface area contributed by atoms with E-state index >= 15 is 0 Å². The molecule has 1 aliphatic rings. The third-order valence-electron chi connectivity index (χ3n) is 2.54. The van der Waals surface area contributed by atoms with Crippen molar-refractivity contribution in [1.82, 2.24) is 5.32 Å². The summed E-state index contributed by atoms with van der Waals surface area (Å²) in [6.07, 6.45) is 0. The predicted molar refractivity (Wildman–Crippen MR) is 59.8 cm³/mol. The number of hydrogen-bond donors (Lipinski definition) is 1. The Morgan fingerprint density at radius 2 is 2.06 bits per heavy atom. The van der Waals surface area contributed by atoms with Crippen molar-refractivity contribution in [3.05, 3.63) is 35.1 Å². The molecule has 1 atom stereocenters. The number of halogens is 3. The van der Waals surface area contributed by atoms with E-state index in [-0.39, 0.29) is 0 Å². The highest BCUT2D eigenvalue weighted by Gasteiger charge is 2.26. The van der Waals surface area contributed by atoms with Crippen molar-refractivity contribution in [1.29, 1.82) is 0 Å². The van der Waals surface area contributed by atoms with Crippen LogP contribution in [-0.4, -0.2) is 29.9 Å². The molecule has 0 spiro atoms. The van der Waals surface area contributed by atoms with E-state index in [1.807, 2.05) is 0 Å². The van der Waals surface area contributed by atoms with Crippen LogP contribution in [0, 0.1) is 17.5 Å². The fourth-order valence-electron chi connectivity index (χ4n) is 1.64. The quantitative estimate of drug-likeness (QED) is 0.652. The summed E-state index contributed by atoms with van der Waals surface area (Å²) in [5, 5.41) is 2.93. The Balaban J connectivity index is 2.27. The molecule has 0 aromatic heterocycles.